The third-order valence-corrected chi connectivity index (χ3v) is 2.58. The molecule has 1 aromatic rings. The lowest BCUT2D eigenvalue weighted by Crippen LogP contribution is -2.22. The third kappa shape index (κ3) is 1.91. The van der Waals surface area contributed by atoms with E-state index >= 15 is 0 Å². The maximum atomic E-state index is 12.0. The molecule has 0 radical (unpaired) electrons. The van der Waals surface area contributed by atoms with Crippen LogP contribution in [0.3, 0.4) is 0 Å². The summed E-state index contributed by atoms with van der Waals surface area (Å²) >= 11 is 0. The highest BCUT2D eigenvalue weighted by Crippen LogP contribution is 2.47. The number of carbonyl (C=O) groups excluding carboxylic acids is 1. The normalized spacial score (nSPS) is 25.3. The third-order valence-electron chi connectivity index (χ3n) is 2.58. The Balaban J connectivity index is 2.17. The number of alkyl halides is 3. The lowest BCUT2D eigenvalue weighted by molar-refractivity contribution is -0.0899. The van der Waals surface area contributed by atoms with Crippen molar-refractivity contribution >= 4 is 5.78 Å². The molecule has 15 heavy (non-hydrogen) atoms. The van der Waals surface area contributed by atoms with Gasteiger partial charge in [0.15, 0.2) is 5.76 Å². The zero-order valence-electron chi connectivity index (χ0n) is 7.97. The van der Waals surface area contributed by atoms with Gasteiger partial charge in [0.2, 0.25) is 0 Å². The monoisotopic (exact) mass is 218 g/mol. The molecule has 0 N–H and O–H groups in total. The molecule has 2 nitrogen and oxygen atoms in total. The fourth-order valence-corrected chi connectivity index (χ4v) is 1.53. The van der Waals surface area contributed by atoms with Crippen LogP contribution in [0, 0.1) is 5.92 Å². The van der Waals surface area contributed by atoms with Gasteiger partial charge in [-0.1, -0.05) is 6.92 Å². The predicted octanol–water partition coefficient (Wildman–Crippen LogP) is 3.15. The summed E-state index contributed by atoms with van der Waals surface area (Å²) in [5, 5.41) is 0. The van der Waals surface area contributed by atoms with Crippen LogP contribution in [-0.2, 0) is 0 Å². The first-order valence-electron chi connectivity index (χ1n) is 4.61. The SMILES string of the molecule is CC1CC1c1ccc(C(=O)C(F)(F)F)o1. The summed E-state index contributed by atoms with van der Waals surface area (Å²) in [5.41, 5.74) is 0. The molecule has 5 heteroatoms. The molecule has 2 atom stereocenters. The van der Waals surface area contributed by atoms with Crippen molar-refractivity contribution in [1.29, 1.82) is 0 Å². The summed E-state index contributed by atoms with van der Waals surface area (Å²) in [7, 11) is 0. The number of rotatable bonds is 2. The molecule has 1 fully saturated rings. The fraction of sp³-hybridized carbons (Fsp3) is 0.500. The molecule has 1 aliphatic carbocycles. The van der Waals surface area contributed by atoms with Gasteiger partial charge in [-0.15, -0.1) is 0 Å². The van der Waals surface area contributed by atoms with Crippen molar-refractivity contribution in [3.05, 3.63) is 23.7 Å². The van der Waals surface area contributed by atoms with Crippen LogP contribution in [0.2, 0.25) is 0 Å². The highest BCUT2D eigenvalue weighted by molar-refractivity contribution is 5.97. The standard InChI is InChI=1S/C10H9F3O2/c1-5-4-6(5)7-2-3-8(15-7)9(14)10(11,12)13/h2-3,5-6H,4H2,1H3. The van der Waals surface area contributed by atoms with Crippen molar-refractivity contribution in [3.63, 3.8) is 0 Å². The molecular weight excluding hydrogens is 209 g/mol. The molecule has 2 rings (SSSR count). The second kappa shape index (κ2) is 3.12. The van der Waals surface area contributed by atoms with E-state index in [2.05, 4.69) is 0 Å². The Kier molecular flexibility index (Phi) is 2.13. The van der Waals surface area contributed by atoms with Gasteiger partial charge in [-0.2, -0.15) is 13.2 Å². The van der Waals surface area contributed by atoms with Gasteiger partial charge in [0.05, 0.1) is 0 Å². The number of hydrogen-bond donors (Lipinski definition) is 0. The van der Waals surface area contributed by atoms with Crippen molar-refractivity contribution < 1.29 is 22.4 Å². The predicted molar refractivity (Wildman–Crippen MR) is 45.6 cm³/mol. The van der Waals surface area contributed by atoms with E-state index in [4.69, 9.17) is 4.42 Å². The Morgan fingerprint density at radius 2 is 2.07 bits per heavy atom. The van der Waals surface area contributed by atoms with E-state index in [0.717, 1.165) is 12.5 Å². The van der Waals surface area contributed by atoms with E-state index in [1.54, 1.807) is 0 Å². The molecule has 0 bridgehead atoms. The average molecular weight is 218 g/mol. The van der Waals surface area contributed by atoms with Gasteiger partial charge in [0.25, 0.3) is 0 Å². The second-order valence-electron chi connectivity index (χ2n) is 3.85. The van der Waals surface area contributed by atoms with Gasteiger partial charge < -0.3 is 4.42 Å². The summed E-state index contributed by atoms with van der Waals surface area (Å²) in [6.45, 7) is 1.98. The first-order chi connectivity index (χ1) is 6.89. The van der Waals surface area contributed by atoms with Crippen LogP contribution in [0.1, 0.15) is 35.6 Å². The Labute approximate surface area is 84.1 Å². The van der Waals surface area contributed by atoms with Gasteiger partial charge >= 0.3 is 12.0 Å². The smallest absolute Gasteiger partial charge is 0.457 e. The van der Waals surface area contributed by atoms with E-state index in [1.165, 1.54) is 6.07 Å². The average Bonchev–Trinajstić information content (AvgIpc) is 2.67. The number of furan rings is 1. The molecule has 0 saturated heterocycles. The molecule has 0 aromatic carbocycles. The van der Waals surface area contributed by atoms with Crippen molar-refractivity contribution in [3.8, 4) is 0 Å². The Morgan fingerprint density at radius 1 is 1.47 bits per heavy atom. The minimum absolute atomic E-state index is 0.180. The van der Waals surface area contributed by atoms with Crippen molar-refractivity contribution in [1.82, 2.24) is 0 Å². The van der Waals surface area contributed by atoms with Crippen LogP contribution in [0.4, 0.5) is 13.2 Å². The van der Waals surface area contributed by atoms with Crippen molar-refractivity contribution in [2.75, 3.05) is 0 Å². The number of halogens is 3. The zero-order chi connectivity index (χ0) is 11.2. The van der Waals surface area contributed by atoms with E-state index < -0.39 is 17.7 Å². The molecule has 1 heterocycles. The molecular formula is C10H9F3O2. The van der Waals surface area contributed by atoms with E-state index in [1.807, 2.05) is 6.92 Å². The second-order valence-corrected chi connectivity index (χ2v) is 3.85. The van der Waals surface area contributed by atoms with Gasteiger partial charge in [-0.25, -0.2) is 0 Å². The zero-order valence-corrected chi connectivity index (χ0v) is 7.97. The maximum absolute atomic E-state index is 12.0. The molecule has 2 unspecified atom stereocenters. The topological polar surface area (TPSA) is 30.2 Å². The lowest BCUT2D eigenvalue weighted by Gasteiger charge is -2.01. The van der Waals surface area contributed by atoms with Crippen molar-refractivity contribution in [2.24, 2.45) is 5.92 Å². The number of hydrogen-bond acceptors (Lipinski definition) is 2. The van der Waals surface area contributed by atoms with Crippen LogP contribution in [0.5, 0.6) is 0 Å². The van der Waals surface area contributed by atoms with Crippen LogP contribution in [-0.4, -0.2) is 12.0 Å². The molecule has 1 aromatic heterocycles. The van der Waals surface area contributed by atoms with Crippen LogP contribution in [0.25, 0.3) is 0 Å². The number of carbonyl (C=O) groups is 1. The first-order valence-corrected chi connectivity index (χ1v) is 4.61. The largest absolute Gasteiger partial charge is 0.458 e. The summed E-state index contributed by atoms with van der Waals surface area (Å²) in [6, 6.07) is 2.54. The van der Waals surface area contributed by atoms with Gasteiger partial charge in [0.1, 0.15) is 5.76 Å². The minimum Gasteiger partial charge on any atom is -0.457 e. The van der Waals surface area contributed by atoms with E-state index in [-0.39, 0.29) is 5.92 Å². The van der Waals surface area contributed by atoms with Crippen LogP contribution < -0.4 is 0 Å². The lowest BCUT2D eigenvalue weighted by atomic mass is 10.2. The van der Waals surface area contributed by atoms with Gasteiger partial charge in [-0.3, -0.25) is 4.79 Å². The summed E-state index contributed by atoms with van der Waals surface area (Å²) in [4.78, 5) is 10.8. The van der Waals surface area contributed by atoms with Crippen LogP contribution >= 0.6 is 0 Å². The molecule has 82 valence electrons. The summed E-state index contributed by atoms with van der Waals surface area (Å²) < 4.78 is 41.0. The molecule has 1 saturated carbocycles. The van der Waals surface area contributed by atoms with E-state index in [9.17, 15) is 18.0 Å². The fourth-order valence-electron chi connectivity index (χ4n) is 1.53. The first kappa shape index (κ1) is 10.3. The highest BCUT2D eigenvalue weighted by Gasteiger charge is 2.43. The number of ketones is 1. The number of Topliss-reactive ketones (excluding diaryl/α,β-unsaturated/α-hetero) is 1. The Bertz CT molecular complexity index is 392. The Morgan fingerprint density at radius 3 is 2.53 bits per heavy atom. The quantitative estimate of drug-likeness (QED) is 0.714. The molecule has 0 aliphatic heterocycles. The van der Waals surface area contributed by atoms with Gasteiger partial charge in [0, 0.05) is 5.92 Å². The Hall–Kier alpha value is -1.26. The van der Waals surface area contributed by atoms with Gasteiger partial charge in [-0.05, 0) is 24.5 Å². The van der Waals surface area contributed by atoms with E-state index in [0.29, 0.717) is 11.7 Å². The maximum Gasteiger partial charge on any atom is 0.458 e. The van der Waals surface area contributed by atoms with Crippen molar-refractivity contribution in [2.45, 2.75) is 25.4 Å². The molecule has 0 spiro atoms. The summed E-state index contributed by atoms with van der Waals surface area (Å²) in [6.07, 6.45) is -3.95. The molecule has 0 amide bonds. The van der Waals surface area contributed by atoms with Crippen LogP contribution in [0.15, 0.2) is 16.5 Å². The highest BCUT2D eigenvalue weighted by atomic mass is 19.4. The summed E-state index contributed by atoms with van der Waals surface area (Å²) in [5.74, 6) is -1.43. The minimum atomic E-state index is -4.86. The molecule has 1 aliphatic rings.